The predicted octanol–water partition coefficient (Wildman–Crippen LogP) is 2.85. The molecule has 0 radical (unpaired) electrons. The van der Waals surface area contributed by atoms with Crippen LogP contribution in [0, 0.1) is 11.8 Å². The molecule has 0 aromatic heterocycles. The lowest BCUT2D eigenvalue weighted by molar-refractivity contribution is -0.120. The Morgan fingerprint density at radius 3 is 2.48 bits per heavy atom. The third kappa shape index (κ3) is 3.76. The van der Waals surface area contributed by atoms with Crippen molar-refractivity contribution >= 4 is 17.3 Å². The van der Waals surface area contributed by atoms with Gasteiger partial charge in [0.1, 0.15) is 0 Å². The van der Waals surface area contributed by atoms with Gasteiger partial charge < -0.3 is 16.0 Å². The second-order valence-corrected chi connectivity index (χ2v) is 5.74. The molecule has 1 aromatic carbocycles. The minimum atomic E-state index is 0.0810. The van der Waals surface area contributed by atoms with Crippen molar-refractivity contribution in [3.63, 3.8) is 0 Å². The maximum absolute atomic E-state index is 12.3. The number of amides is 1. The van der Waals surface area contributed by atoms with Gasteiger partial charge in [-0.15, -0.1) is 0 Å². The van der Waals surface area contributed by atoms with Crippen LogP contribution in [0.4, 0.5) is 11.4 Å². The summed E-state index contributed by atoms with van der Waals surface area (Å²) in [6.45, 7) is 6.88. The van der Waals surface area contributed by atoms with Crippen molar-refractivity contribution in [2.24, 2.45) is 17.6 Å². The summed E-state index contributed by atoms with van der Waals surface area (Å²) < 4.78 is 0. The molecule has 4 heteroatoms. The van der Waals surface area contributed by atoms with Crippen molar-refractivity contribution in [1.29, 1.82) is 0 Å². The van der Waals surface area contributed by atoms with Gasteiger partial charge >= 0.3 is 0 Å². The van der Waals surface area contributed by atoms with Gasteiger partial charge in [0, 0.05) is 30.4 Å². The zero-order chi connectivity index (χ0) is 15.2. The van der Waals surface area contributed by atoms with Crippen molar-refractivity contribution in [3.8, 4) is 0 Å². The molecular formula is C17H27N3O. The Morgan fingerprint density at radius 1 is 1.24 bits per heavy atom. The molecule has 0 spiro atoms. The number of nitrogens with zero attached hydrogens (tertiary/aromatic N) is 1. The molecule has 2 rings (SSSR count). The molecule has 2 unspecified atom stereocenters. The first kappa shape index (κ1) is 15.8. The number of hydrogen-bond acceptors (Lipinski definition) is 3. The van der Waals surface area contributed by atoms with Crippen LogP contribution in [0.2, 0.25) is 0 Å². The monoisotopic (exact) mass is 289 g/mol. The lowest BCUT2D eigenvalue weighted by atomic mass is 9.95. The average Bonchev–Trinajstić information content (AvgIpc) is 2.99. The van der Waals surface area contributed by atoms with Crippen LogP contribution in [0.5, 0.6) is 0 Å². The first-order valence-corrected chi connectivity index (χ1v) is 8.05. The normalized spacial score (nSPS) is 21.3. The van der Waals surface area contributed by atoms with Crippen LogP contribution in [0.3, 0.4) is 0 Å². The second-order valence-electron chi connectivity index (χ2n) is 5.74. The van der Waals surface area contributed by atoms with Crippen molar-refractivity contribution in [1.82, 2.24) is 0 Å². The van der Waals surface area contributed by atoms with Crippen LogP contribution < -0.4 is 16.0 Å². The van der Waals surface area contributed by atoms with E-state index in [1.807, 2.05) is 12.1 Å². The molecule has 116 valence electrons. The van der Waals surface area contributed by atoms with Gasteiger partial charge in [-0.25, -0.2) is 0 Å². The molecule has 1 aromatic rings. The highest BCUT2D eigenvalue weighted by molar-refractivity contribution is 5.93. The van der Waals surface area contributed by atoms with Gasteiger partial charge in [-0.05, 0) is 63.4 Å². The van der Waals surface area contributed by atoms with E-state index in [1.54, 1.807) is 0 Å². The molecule has 1 amide bonds. The average molecular weight is 289 g/mol. The minimum Gasteiger partial charge on any atom is -0.372 e. The fourth-order valence-electron chi connectivity index (χ4n) is 3.24. The highest BCUT2D eigenvalue weighted by Gasteiger charge is 2.31. The van der Waals surface area contributed by atoms with Crippen molar-refractivity contribution < 1.29 is 4.79 Å². The van der Waals surface area contributed by atoms with Gasteiger partial charge in [-0.3, -0.25) is 4.79 Å². The molecule has 0 heterocycles. The molecule has 0 bridgehead atoms. The Morgan fingerprint density at radius 2 is 1.90 bits per heavy atom. The molecule has 2 atom stereocenters. The summed E-state index contributed by atoms with van der Waals surface area (Å²) in [7, 11) is 0. The number of rotatable bonds is 6. The third-order valence-corrected chi connectivity index (χ3v) is 4.56. The van der Waals surface area contributed by atoms with Crippen LogP contribution in [-0.4, -0.2) is 25.5 Å². The standard InChI is InChI=1S/C17H27N3O/c1-3-20(4-2)15-10-8-14(9-11-15)19-17(21)16-7-5-6-13(16)12-18/h8-11,13,16H,3-7,12,18H2,1-2H3,(H,19,21). The lowest BCUT2D eigenvalue weighted by Gasteiger charge is -2.21. The smallest absolute Gasteiger partial charge is 0.227 e. The van der Waals surface area contributed by atoms with Crippen LogP contribution in [-0.2, 0) is 4.79 Å². The lowest BCUT2D eigenvalue weighted by Crippen LogP contribution is -2.29. The molecule has 0 saturated heterocycles. The summed E-state index contributed by atoms with van der Waals surface area (Å²) in [4.78, 5) is 14.6. The summed E-state index contributed by atoms with van der Waals surface area (Å²) in [6, 6.07) is 8.10. The quantitative estimate of drug-likeness (QED) is 0.846. The Hall–Kier alpha value is -1.55. The highest BCUT2D eigenvalue weighted by atomic mass is 16.1. The molecule has 1 fully saturated rings. The summed E-state index contributed by atoms with van der Waals surface area (Å²) in [5.74, 6) is 0.552. The van der Waals surface area contributed by atoms with Crippen molar-refractivity contribution in [2.75, 3.05) is 29.9 Å². The van der Waals surface area contributed by atoms with E-state index >= 15 is 0 Å². The van der Waals surface area contributed by atoms with Gasteiger partial charge in [0.05, 0.1) is 0 Å². The molecule has 3 N–H and O–H groups in total. The molecule has 4 nitrogen and oxygen atoms in total. The van der Waals surface area contributed by atoms with Crippen LogP contribution in [0.1, 0.15) is 33.1 Å². The maximum Gasteiger partial charge on any atom is 0.227 e. The Kier molecular flexibility index (Phi) is 5.62. The number of carbonyl (C=O) groups excluding carboxylic acids is 1. The van der Waals surface area contributed by atoms with Gasteiger partial charge in [0.25, 0.3) is 0 Å². The van der Waals surface area contributed by atoms with Crippen LogP contribution in [0.15, 0.2) is 24.3 Å². The van der Waals surface area contributed by atoms with Crippen LogP contribution >= 0.6 is 0 Å². The fraction of sp³-hybridized carbons (Fsp3) is 0.588. The van der Waals surface area contributed by atoms with Gasteiger partial charge in [0.15, 0.2) is 0 Å². The first-order chi connectivity index (χ1) is 10.2. The number of nitrogens with one attached hydrogen (secondary N) is 1. The molecule has 1 aliphatic rings. The number of benzene rings is 1. The Labute approximate surface area is 127 Å². The minimum absolute atomic E-state index is 0.0810. The van der Waals surface area contributed by atoms with Crippen molar-refractivity contribution in [3.05, 3.63) is 24.3 Å². The highest BCUT2D eigenvalue weighted by Crippen LogP contribution is 2.32. The SMILES string of the molecule is CCN(CC)c1ccc(NC(=O)C2CCCC2CN)cc1. The molecule has 1 saturated carbocycles. The Balaban J connectivity index is 1.98. The van der Waals surface area contributed by atoms with E-state index in [4.69, 9.17) is 5.73 Å². The second kappa shape index (κ2) is 7.46. The van der Waals surface area contributed by atoms with E-state index in [9.17, 15) is 4.79 Å². The first-order valence-electron chi connectivity index (χ1n) is 8.05. The summed E-state index contributed by atoms with van der Waals surface area (Å²) in [5.41, 5.74) is 7.82. The summed E-state index contributed by atoms with van der Waals surface area (Å²) in [5, 5.41) is 3.04. The van der Waals surface area contributed by atoms with E-state index in [0.29, 0.717) is 12.5 Å². The zero-order valence-electron chi connectivity index (χ0n) is 13.1. The van der Waals surface area contributed by atoms with Gasteiger partial charge in [0.2, 0.25) is 5.91 Å². The van der Waals surface area contributed by atoms with E-state index in [0.717, 1.165) is 38.0 Å². The zero-order valence-corrected chi connectivity index (χ0v) is 13.1. The number of anilines is 2. The molecule has 0 aliphatic heterocycles. The Bertz CT molecular complexity index is 454. The topological polar surface area (TPSA) is 58.4 Å². The molecular weight excluding hydrogens is 262 g/mol. The van der Waals surface area contributed by atoms with Gasteiger partial charge in [-0.2, -0.15) is 0 Å². The number of hydrogen-bond donors (Lipinski definition) is 2. The van der Waals surface area contributed by atoms with E-state index in [-0.39, 0.29) is 11.8 Å². The largest absolute Gasteiger partial charge is 0.372 e. The number of nitrogens with two attached hydrogens (primary N) is 1. The van der Waals surface area contributed by atoms with Crippen molar-refractivity contribution in [2.45, 2.75) is 33.1 Å². The van der Waals surface area contributed by atoms with E-state index in [2.05, 4.69) is 36.2 Å². The molecule has 1 aliphatic carbocycles. The fourth-order valence-corrected chi connectivity index (χ4v) is 3.24. The summed E-state index contributed by atoms with van der Waals surface area (Å²) >= 11 is 0. The van der Waals surface area contributed by atoms with E-state index in [1.165, 1.54) is 5.69 Å². The third-order valence-electron chi connectivity index (χ3n) is 4.56. The maximum atomic E-state index is 12.3. The van der Waals surface area contributed by atoms with E-state index < -0.39 is 0 Å². The number of carbonyl (C=O) groups is 1. The predicted molar refractivity (Wildman–Crippen MR) is 88.5 cm³/mol. The molecule has 21 heavy (non-hydrogen) atoms. The van der Waals surface area contributed by atoms with Crippen LogP contribution in [0.25, 0.3) is 0 Å². The summed E-state index contributed by atoms with van der Waals surface area (Å²) in [6.07, 6.45) is 3.15. The van der Waals surface area contributed by atoms with Gasteiger partial charge in [-0.1, -0.05) is 6.42 Å².